The SMILES string of the molecule is c1ccc(-c2nc3ccc4cc(-c5c6ccccc6c(-c6ccc7c(c6)oc6ccccc67)c6ccccc56)c5ccccc5c4c3o2)cc1. The Balaban J connectivity index is 1.21. The zero-order chi connectivity index (χ0) is 32.8. The van der Waals surface area contributed by atoms with Crippen LogP contribution in [0, 0.1) is 0 Å². The molecule has 9 aromatic carbocycles. The Morgan fingerprint density at radius 3 is 1.72 bits per heavy atom. The Labute approximate surface area is 286 Å². The molecule has 0 fully saturated rings. The molecule has 0 aliphatic heterocycles. The highest BCUT2D eigenvalue weighted by atomic mass is 16.3. The molecular formula is C47H27NO2. The van der Waals surface area contributed by atoms with E-state index < -0.39 is 0 Å². The average Bonchev–Trinajstić information content (AvgIpc) is 3.78. The zero-order valence-electron chi connectivity index (χ0n) is 26.9. The molecule has 0 spiro atoms. The fraction of sp³-hybridized carbons (Fsp3) is 0. The maximum atomic E-state index is 6.56. The summed E-state index contributed by atoms with van der Waals surface area (Å²) in [5, 5.41) is 11.6. The summed E-state index contributed by atoms with van der Waals surface area (Å²) in [6, 6.07) is 58.0. The average molecular weight is 638 g/mol. The van der Waals surface area contributed by atoms with Crippen molar-refractivity contribution < 1.29 is 8.83 Å². The van der Waals surface area contributed by atoms with Gasteiger partial charge in [0.05, 0.1) is 0 Å². The first-order chi connectivity index (χ1) is 24.8. The van der Waals surface area contributed by atoms with Crippen LogP contribution in [0.4, 0.5) is 0 Å². The second-order valence-electron chi connectivity index (χ2n) is 13.0. The lowest BCUT2D eigenvalue weighted by molar-refractivity contribution is 0.623. The molecule has 0 radical (unpaired) electrons. The normalized spacial score (nSPS) is 12.0. The smallest absolute Gasteiger partial charge is 0.227 e. The minimum Gasteiger partial charge on any atom is -0.456 e. The van der Waals surface area contributed by atoms with Gasteiger partial charge in [-0.25, -0.2) is 4.98 Å². The third-order valence-electron chi connectivity index (χ3n) is 10.3. The fourth-order valence-corrected chi connectivity index (χ4v) is 8.10. The Bertz CT molecular complexity index is 3090. The predicted octanol–water partition coefficient (Wildman–Crippen LogP) is 13.3. The first-order valence-corrected chi connectivity index (χ1v) is 17.0. The summed E-state index contributed by atoms with van der Waals surface area (Å²) in [6.45, 7) is 0. The monoisotopic (exact) mass is 637 g/mol. The third kappa shape index (κ3) is 3.89. The van der Waals surface area contributed by atoms with Gasteiger partial charge in [0.1, 0.15) is 16.7 Å². The molecule has 2 aromatic heterocycles. The van der Waals surface area contributed by atoms with Crippen LogP contribution in [0.1, 0.15) is 0 Å². The van der Waals surface area contributed by atoms with E-state index in [0.717, 1.165) is 60.3 Å². The maximum Gasteiger partial charge on any atom is 0.227 e. The highest BCUT2D eigenvalue weighted by molar-refractivity contribution is 6.28. The number of nitrogens with zero attached hydrogens (tertiary/aromatic N) is 1. The van der Waals surface area contributed by atoms with Gasteiger partial charge in [0.25, 0.3) is 0 Å². The topological polar surface area (TPSA) is 39.2 Å². The highest BCUT2D eigenvalue weighted by Crippen LogP contribution is 2.48. The van der Waals surface area contributed by atoms with Gasteiger partial charge in [0.2, 0.25) is 5.89 Å². The van der Waals surface area contributed by atoms with Gasteiger partial charge in [0.15, 0.2) is 5.58 Å². The molecule has 0 amide bonds. The van der Waals surface area contributed by atoms with Crippen molar-refractivity contribution in [2.45, 2.75) is 0 Å². The first kappa shape index (κ1) is 27.3. The molecule has 0 aliphatic carbocycles. The van der Waals surface area contributed by atoms with Gasteiger partial charge < -0.3 is 8.83 Å². The van der Waals surface area contributed by atoms with Crippen LogP contribution in [0.2, 0.25) is 0 Å². The van der Waals surface area contributed by atoms with Crippen molar-refractivity contribution in [3.63, 3.8) is 0 Å². The molecular weight excluding hydrogens is 611 g/mol. The van der Waals surface area contributed by atoms with Crippen LogP contribution in [0.25, 0.3) is 110 Å². The Morgan fingerprint density at radius 2 is 0.980 bits per heavy atom. The van der Waals surface area contributed by atoms with Crippen molar-refractivity contribution >= 4 is 76.1 Å². The van der Waals surface area contributed by atoms with Gasteiger partial charge in [-0.3, -0.25) is 0 Å². The molecule has 0 saturated carbocycles. The number of benzene rings is 9. The van der Waals surface area contributed by atoms with E-state index in [1.165, 1.54) is 43.6 Å². The number of fused-ring (bicyclic) bond motifs is 10. The second-order valence-corrected chi connectivity index (χ2v) is 13.0. The van der Waals surface area contributed by atoms with E-state index >= 15 is 0 Å². The molecule has 50 heavy (non-hydrogen) atoms. The maximum absolute atomic E-state index is 6.56. The van der Waals surface area contributed by atoms with Crippen LogP contribution < -0.4 is 0 Å². The second kappa shape index (κ2) is 10.4. The van der Waals surface area contributed by atoms with Crippen LogP contribution in [0.5, 0.6) is 0 Å². The van der Waals surface area contributed by atoms with E-state index in [-0.39, 0.29) is 0 Å². The molecule has 11 aromatic rings. The van der Waals surface area contributed by atoms with E-state index in [9.17, 15) is 0 Å². The molecule has 0 N–H and O–H groups in total. The van der Waals surface area contributed by atoms with Gasteiger partial charge in [-0.1, -0.05) is 121 Å². The largest absolute Gasteiger partial charge is 0.456 e. The highest BCUT2D eigenvalue weighted by Gasteiger charge is 2.21. The van der Waals surface area contributed by atoms with Crippen molar-refractivity contribution in [2.75, 3.05) is 0 Å². The van der Waals surface area contributed by atoms with Gasteiger partial charge in [0, 0.05) is 21.7 Å². The van der Waals surface area contributed by atoms with E-state index in [0.29, 0.717) is 5.89 Å². The number of oxazole rings is 1. The lowest BCUT2D eigenvalue weighted by atomic mass is 9.83. The number of furan rings is 1. The summed E-state index contributed by atoms with van der Waals surface area (Å²) in [5.41, 5.74) is 9.22. The van der Waals surface area contributed by atoms with E-state index in [2.05, 4.69) is 121 Å². The minimum absolute atomic E-state index is 0.634. The Kier molecular flexibility index (Phi) is 5.67. The fourth-order valence-electron chi connectivity index (χ4n) is 8.10. The molecule has 11 rings (SSSR count). The van der Waals surface area contributed by atoms with Gasteiger partial charge >= 0.3 is 0 Å². The van der Waals surface area contributed by atoms with E-state index in [4.69, 9.17) is 13.8 Å². The Morgan fingerprint density at radius 1 is 0.380 bits per heavy atom. The van der Waals surface area contributed by atoms with Gasteiger partial charge in [-0.15, -0.1) is 0 Å². The predicted molar refractivity (Wildman–Crippen MR) is 208 cm³/mol. The number of para-hydroxylation sites is 1. The quantitative estimate of drug-likeness (QED) is 0.143. The summed E-state index contributed by atoms with van der Waals surface area (Å²) in [4.78, 5) is 4.90. The number of aromatic nitrogens is 1. The van der Waals surface area contributed by atoms with E-state index in [1.54, 1.807) is 0 Å². The summed E-state index contributed by atoms with van der Waals surface area (Å²) in [7, 11) is 0. The number of rotatable bonds is 3. The molecule has 2 heterocycles. The van der Waals surface area contributed by atoms with Crippen LogP contribution in [-0.4, -0.2) is 4.98 Å². The summed E-state index contributed by atoms with van der Waals surface area (Å²) < 4.78 is 12.9. The summed E-state index contributed by atoms with van der Waals surface area (Å²) in [5.74, 6) is 0.634. The molecule has 0 bridgehead atoms. The van der Waals surface area contributed by atoms with Crippen molar-refractivity contribution in [3.8, 4) is 33.7 Å². The number of hydrogen-bond acceptors (Lipinski definition) is 3. The molecule has 0 aliphatic rings. The summed E-state index contributed by atoms with van der Waals surface area (Å²) >= 11 is 0. The molecule has 0 atom stereocenters. The number of hydrogen-bond donors (Lipinski definition) is 0. The van der Waals surface area contributed by atoms with Crippen LogP contribution in [0.15, 0.2) is 173 Å². The first-order valence-electron chi connectivity index (χ1n) is 17.0. The van der Waals surface area contributed by atoms with Crippen LogP contribution in [-0.2, 0) is 0 Å². The molecule has 0 unspecified atom stereocenters. The molecule has 232 valence electrons. The molecule has 3 heteroatoms. The standard InChI is InChI=1S/C47H27NO2/c1-2-12-28(13-3-1)47-48-40-25-23-29-26-39(31-14-4-5-16-34(31)44(29)46(40)50-47)45-37-19-8-6-17-35(37)43(36-18-7-9-20-38(36)45)30-22-24-33-32-15-10-11-21-41(32)49-42(33)27-30/h1-27H. The lowest BCUT2D eigenvalue weighted by Gasteiger charge is -2.19. The van der Waals surface area contributed by atoms with Gasteiger partial charge in [-0.05, 0) is 102 Å². The van der Waals surface area contributed by atoms with Crippen molar-refractivity contribution in [3.05, 3.63) is 164 Å². The van der Waals surface area contributed by atoms with E-state index in [1.807, 2.05) is 42.5 Å². The van der Waals surface area contributed by atoms with Crippen LogP contribution >= 0.6 is 0 Å². The van der Waals surface area contributed by atoms with Crippen molar-refractivity contribution in [2.24, 2.45) is 0 Å². The van der Waals surface area contributed by atoms with Crippen LogP contribution in [0.3, 0.4) is 0 Å². The van der Waals surface area contributed by atoms with Crippen molar-refractivity contribution in [1.29, 1.82) is 0 Å². The van der Waals surface area contributed by atoms with Gasteiger partial charge in [-0.2, -0.15) is 0 Å². The third-order valence-corrected chi connectivity index (χ3v) is 10.3. The summed E-state index contributed by atoms with van der Waals surface area (Å²) in [6.07, 6.45) is 0. The minimum atomic E-state index is 0.634. The van der Waals surface area contributed by atoms with Crippen molar-refractivity contribution in [1.82, 2.24) is 4.98 Å². The molecule has 0 saturated heterocycles. The Hall–Kier alpha value is -6.71. The lowest BCUT2D eigenvalue weighted by Crippen LogP contribution is -1.92. The zero-order valence-corrected chi connectivity index (χ0v) is 26.9. The molecule has 3 nitrogen and oxygen atoms in total.